The Morgan fingerprint density at radius 2 is 2.08 bits per heavy atom. The van der Waals surface area contributed by atoms with E-state index in [2.05, 4.69) is 4.98 Å². The van der Waals surface area contributed by atoms with Gasteiger partial charge in [0.15, 0.2) is 0 Å². The summed E-state index contributed by atoms with van der Waals surface area (Å²) in [4.78, 5) is 27.8. The molecule has 0 aliphatic heterocycles. The molecule has 0 fully saturated rings. The van der Waals surface area contributed by atoms with Crippen molar-refractivity contribution in [1.29, 1.82) is 0 Å². The standard InChI is InChI=1S/C16H13ClN2O3S2/c1-10-8-24-16(21)19(10)6-14(20)22-7-11-9-23-15(18-11)12-4-2-3-5-13(12)17/h2-5,8-9H,6-7H2,1H3. The van der Waals surface area contributed by atoms with Gasteiger partial charge in [-0.15, -0.1) is 11.3 Å². The Balaban J connectivity index is 1.63. The molecule has 5 nitrogen and oxygen atoms in total. The van der Waals surface area contributed by atoms with Gasteiger partial charge in [-0.2, -0.15) is 0 Å². The molecule has 0 N–H and O–H groups in total. The third kappa shape index (κ3) is 3.75. The number of esters is 1. The largest absolute Gasteiger partial charge is 0.458 e. The van der Waals surface area contributed by atoms with Gasteiger partial charge < -0.3 is 4.74 Å². The first-order chi connectivity index (χ1) is 11.5. The topological polar surface area (TPSA) is 61.2 Å². The van der Waals surface area contributed by atoms with Crippen molar-refractivity contribution in [2.75, 3.05) is 0 Å². The van der Waals surface area contributed by atoms with Crippen molar-refractivity contribution < 1.29 is 9.53 Å². The van der Waals surface area contributed by atoms with Crippen LogP contribution in [-0.4, -0.2) is 15.5 Å². The summed E-state index contributed by atoms with van der Waals surface area (Å²) in [7, 11) is 0. The Hall–Kier alpha value is -1.96. The molecule has 0 amide bonds. The van der Waals surface area contributed by atoms with E-state index in [1.807, 2.05) is 23.6 Å². The van der Waals surface area contributed by atoms with E-state index in [1.54, 1.807) is 18.4 Å². The van der Waals surface area contributed by atoms with Gasteiger partial charge in [-0.25, -0.2) is 4.98 Å². The third-order valence-electron chi connectivity index (χ3n) is 3.30. The number of halogens is 1. The first-order valence-electron chi connectivity index (χ1n) is 7.04. The van der Waals surface area contributed by atoms with E-state index in [0.717, 1.165) is 27.6 Å². The fraction of sp³-hybridized carbons (Fsp3) is 0.188. The highest BCUT2D eigenvalue weighted by molar-refractivity contribution is 7.13. The maximum absolute atomic E-state index is 11.9. The van der Waals surface area contributed by atoms with Crippen LogP contribution in [0.1, 0.15) is 11.4 Å². The molecule has 2 heterocycles. The van der Waals surface area contributed by atoms with Crippen LogP contribution in [0, 0.1) is 6.92 Å². The SMILES string of the molecule is Cc1csc(=O)n1CC(=O)OCc1csc(-c2ccccc2Cl)n1. The third-order valence-corrected chi connectivity index (χ3v) is 5.44. The van der Waals surface area contributed by atoms with Crippen molar-refractivity contribution in [2.45, 2.75) is 20.1 Å². The number of aromatic nitrogens is 2. The second-order valence-electron chi connectivity index (χ2n) is 5.01. The molecule has 2 aromatic heterocycles. The summed E-state index contributed by atoms with van der Waals surface area (Å²) in [6, 6.07) is 7.45. The molecule has 0 aliphatic rings. The number of ether oxygens (including phenoxy) is 1. The number of carbonyl (C=O) groups excluding carboxylic acids is 1. The molecule has 124 valence electrons. The summed E-state index contributed by atoms with van der Waals surface area (Å²) in [6.07, 6.45) is 0. The lowest BCUT2D eigenvalue weighted by Crippen LogP contribution is -2.22. The fourth-order valence-electron chi connectivity index (χ4n) is 2.06. The highest BCUT2D eigenvalue weighted by Gasteiger charge is 2.12. The minimum atomic E-state index is -0.467. The zero-order valence-corrected chi connectivity index (χ0v) is 15.1. The molecule has 8 heteroatoms. The Bertz CT molecular complexity index is 929. The van der Waals surface area contributed by atoms with E-state index < -0.39 is 5.97 Å². The average Bonchev–Trinajstić information content (AvgIpc) is 3.15. The van der Waals surface area contributed by atoms with E-state index in [-0.39, 0.29) is 18.0 Å². The predicted octanol–water partition coefficient (Wildman–Crippen LogP) is 3.74. The number of rotatable bonds is 5. The first-order valence-corrected chi connectivity index (χ1v) is 9.18. The van der Waals surface area contributed by atoms with Gasteiger partial charge in [0.25, 0.3) is 0 Å². The molecule has 24 heavy (non-hydrogen) atoms. The predicted molar refractivity (Wildman–Crippen MR) is 95.7 cm³/mol. The molecule has 0 bridgehead atoms. The highest BCUT2D eigenvalue weighted by atomic mass is 35.5. The number of carbonyl (C=O) groups is 1. The normalized spacial score (nSPS) is 10.8. The monoisotopic (exact) mass is 380 g/mol. The number of hydrogen-bond donors (Lipinski definition) is 0. The number of nitrogens with zero attached hydrogens (tertiary/aromatic N) is 2. The molecule has 0 atom stereocenters. The van der Waals surface area contributed by atoms with Gasteiger partial charge in [0.1, 0.15) is 18.2 Å². The minimum Gasteiger partial charge on any atom is -0.458 e. The molecule has 0 saturated heterocycles. The van der Waals surface area contributed by atoms with Gasteiger partial charge in [-0.05, 0) is 13.0 Å². The molecule has 1 aromatic carbocycles. The van der Waals surface area contributed by atoms with Crippen LogP contribution in [0.4, 0.5) is 0 Å². The molecule has 3 rings (SSSR count). The van der Waals surface area contributed by atoms with Gasteiger partial charge in [-0.1, -0.05) is 41.1 Å². The summed E-state index contributed by atoms with van der Waals surface area (Å²) in [5.41, 5.74) is 2.25. The van der Waals surface area contributed by atoms with Crippen molar-refractivity contribution in [2.24, 2.45) is 0 Å². The Kier molecular flexibility index (Phi) is 5.13. The zero-order valence-electron chi connectivity index (χ0n) is 12.7. The number of aryl methyl sites for hydroxylation is 1. The smallest absolute Gasteiger partial charge is 0.326 e. The lowest BCUT2D eigenvalue weighted by molar-refractivity contribution is -0.145. The van der Waals surface area contributed by atoms with Crippen LogP contribution in [0.25, 0.3) is 10.6 Å². The van der Waals surface area contributed by atoms with Gasteiger partial charge in [0.2, 0.25) is 0 Å². The van der Waals surface area contributed by atoms with E-state index >= 15 is 0 Å². The molecule has 0 aliphatic carbocycles. The van der Waals surface area contributed by atoms with Crippen LogP contribution in [0.15, 0.2) is 39.8 Å². The summed E-state index contributed by atoms with van der Waals surface area (Å²) < 4.78 is 6.60. The van der Waals surface area contributed by atoms with Crippen molar-refractivity contribution in [3.63, 3.8) is 0 Å². The van der Waals surface area contributed by atoms with Gasteiger partial charge in [-0.3, -0.25) is 14.2 Å². The van der Waals surface area contributed by atoms with Crippen LogP contribution in [-0.2, 0) is 22.7 Å². The van der Waals surface area contributed by atoms with Crippen LogP contribution >= 0.6 is 34.3 Å². The van der Waals surface area contributed by atoms with Crippen molar-refractivity contribution >= 4 is 40.2 Å². The molecule has 0 radical (unpaired) electrons. The lowest BCUT2D eigenvalue weighted by Gasteiger charge is -2.05. The molecular weight excluding hydrogens is 368 g/mol. The van der Waals surface area contributed by atoms with Gasteiger partial charge >= 0.3 is 10.8 Å². The van der Waals surface area contributed by atoms with Crippen molar-refractivity contribution in [3.05, 3.63) is 61.1 Å². The van der Waals surface area contributed by atoms with Crippen LogP contribution in [0.2, 0.25) is 5.02 Å². The molecule has 3 aromatic rings. The first kappa shape index (κ1) is 16.9. The van der Waals surface area contributed by atoms with Crippen LogP contribution < -0.4 is 4.87 Å². The molecule has 0 saturated carbocycles. The number of hydrogen-bond acceptors (Lipinski definition) is 6. The second-order valence-corrected chi connectivity index (χ2v) is 7.10. The van der Waals surface area contributed by atoms with Crippen LogP contribution in [0.5, 0.6) is 0 Å². The maximum Gasteiger partial charge on any atom is 0.326 e. The van der Waals surface area contributed by atoms with E-state index in [0.29, 0.717) is 10.7 Å². The Morgan fingerprint density at radius 3 is 2.79 bits per heavy atom. The molecular formula is C16H13ClN2O3S2. The molecule has 0 unspecified atom stereocenters. The summed E-state index contributed by atoms with van der Waals surface area (Å²) in [6.45, 7) is 1.76. The molecule has 0 spiro atoms. The summed E-state index contributed by atoms with van der Waals surface area (Å²) >= 11 is 8.66. The highest BCUT2D eigenvalue weighted by Crippen LogP contribution is 2.30. The quantitative estimate of drug-likeness (QED) is 0.632. The van der Waals surface area contributed by atoms with Crippen molar-refractivity contribution in [1.82, 2.24) is 9.55 Å². The van der Waals surface area contributed by atoms with Crippen LogP contribution in [0.3, 0.4) is 0 Å². The number of benzene rings is 1. The lowest BCUT2D eigenvalue weighted by atomic mass is 10.2. The summed E-state index contributed by atoms with van der Waals surface area (Å²) in [5, 5.41) is 4.94. The summed E-state index contributed by atoms with van der Waals surface area (Å²) in [5.74, 6) is -0.467. The van der Waals surface area contributed by atoms with Gasteiger partial charge in [0, 0.05) is 22.0 Å². The average molecular weight is 381 g/mol. The zero-order chi connectivity index (χ0) is 17.1. The van der Waals surface area contributed by atoms with E-state index in [4.69, 9.17) is 16.3 Å². The van der Waals surface area contributed by atoms with Gasteiger partial charge in [0.05, 0.1) is 10.7 Å². The Morgan fingerprint density at radius 1 is 1.29 bits per heavy atom. The Labute approximate surface area is 151 Å². The second kappa shape index (κ2) is 7.29. The van der Waals surface area contributed by atoms with E-state index in [9.17, 15) is 9.59 Å². The fourth-order valence-corrected chi connectivity index (χ4v) is 3.92. The van der Waals surface area contributed by atoms with Crippen molar-refractivity contribution in [3.8, 4) is 10.6 Å². The number of thiazole rings is 2. The minimum absolute atomic E-state index is 0.0672. The van der Waals surface area contributed by atoms with E-state index in [1.165, 1.54) is 15.9 Å². The maximum atomic E-state index is 11.9.